The maximum absolute atomic E-state index is 6.04. The lowest BCUT2D eigenvalue weighted by Crippen LogP contribution is -2.01. The predicted octanol–water partition coefficient (Wildman–Crippen LogP) is 4.84. The van der Waals surface area contributed by atoms with Crippen LogP contribution in [-0.2, 0) is 0 Å². The van der Waals surface area contributed by atoms with Gasteiger partial charge in [0.25, 0.3) is 0 Å². The van der Waals surface area contributed by atoms with Crippen molar-refractivity contribution < 1.29 is 0 Å². The zero-order valence-corrected chi connectivity index (χ0v) is 12.4. The molecule has 0 radical (unpaired) electrons. The summed E-state index contributed by atoms with van der Waals surface area (Å²) in [5.41, 5.74) is 12.5. The molecule has 0 unspecified atom stereocenters. The highest BCUT2D eigenvalue weighted by Crippen LogP contribution is 2.42. The van der Waals surface area contributed by atoms with E-state index in [1.165, 1.54) is 27.8 Å². The van der Waals surface area contributed by atoms with Crippen molar-refractivity contribution in [3.8, 4) is 22.3 Å². The van der Waals surface area contributed by atoms with E-state index in [-0.39, 0.29) is 0 Å². The van der Waals surface area contributed by atoms with E-state index < -0.39 is 0 Å². The second kappa shape index (κ2) is 5.43. The molecule has 1 saturated carbocycles. The summed E-state index contributed by atoms with van der Waals surface area (Å²) in [7, 11) is 0. The normalized spacial score (nSPS) is 19.9. The molecule has 3 aromatic rings. The van der Waals surface area contributed by atoms with E-state index in [0.717, 1.165) is 6.42 Å². The van der Waals surface area contributed by atoms with Gasteiger partial charge in [-0.3, -0.25) is 0 Å². The molecule has 1 fully saturated rings. The molecule has 0 spiro atoms. The third kappa shape index (κ3) is 2.44. The van der Waals surface area contributed by atoms with Gasteiger partial charge >= 0.3 is 0 Å². The van der Waals surface area contributed by atoms with E-state index in [2.05, 4.69) is 78.9 Å². The third-order valence-electron chi connectivity index (χ3n) is 4.48. The van der Waals surface area contributed by atoms with Gasteiger partial charge in [0.15, 0.2) is 0 Å². The molecule has 0 aliphatic heterocycles. The highest BCUT2D eigenvalue weighted by molar-refractivity contribution is 5.84. The first-order chi connectivity index (χ1) is 10.8. The fraction of sp³-hybridized carbons (Fsp3) is 0.143. The Morgan fingerprint density at radius 1 is 0.682 bits per heavy atom. The Hall–Kier alpha value is -2.38. The van der Waals surface area contributed by atoms with E-state index >= 15 is 0 Å². The monoisotopic (exact) mass is 285 g/mol. The SMILES string of the molecule is N[C@@H]1C[C@H]1c1ccc(-c2ccccc2)c(-c2ccccc2)c1. The molecule has 1 aliphatic rings. The fourth-order valence-electron chi connectivity index (χ4n) is 3.12. The van der Waals surface area contributed by atoms with Crippen LogP contribution in [0.3, 0.4) is 0 Å². The first kappa shape index (κ1) is 13.3. The molecule has 4 rings (SSSR count). The molecule has 0 amide bonds. The average Bonchev–Trinajstić information content (AvgIpc) is 3.33. The molecular formula is C21H19N. The van der Waals surface area contributed by atoms with Crippen molar-refractivity contribution >= 4 is 0 Å². The molecule has 2 N–H and O–H groups in total. The second-order valence-corrected chi connectivity index (χ2v) is 6.04. The van der Waals surface area contributed by atoms with Gasteiger partial charge in [-0.1, -0.05) is 78.9 Å². The standard InChI is InChI=1S/C21H19N/c22-21-14-20(21)17-11-12-18(15-7-3-1-4-8-15)19(13-17)16-9-5-2-6-10-16/h1-13,20-21H,14,22H2/t20-,21+/m0/s1. The van der Waals surface area contributed by atoms with E-state index in [4.69, 9.17) is 5.73 Å². The first-order valence-electron chi connectivity index (χ1n) is 7.83. The maximum Gasteiger partial charge on any atom is 0.0115 e. The van der Waals surface area contributed by atoms with Crippen LogP contribution in [0.1, 0.15) is 17.9 Å². The molecule has 3 aromatic carbocycles. The molecule has 1 aliphatic carbocycles. The van der Waals surface area contributed by atoms with Crippen LogP contribution < -0.4 is 5.73 Å². The summed E-state index contributed by atoms with van der Waals surface area (Å²) in [5.74, 6) is 0.535. The van der Waals surface area contributed by atoms with Crippen molar-refractivity contribution in [1.29, 1.82) is 0 Å². The summed E-state index contributed by atoms with van der Waals surface area (Å²) in [6.45, 7) is 0. The molecule has 0 saturated heterocycles. The van der Waals surface area contributed by atoms with Gasteiger partial charge in [-0.05, 0) is 34.2 Å². The number of benzene rings is 3. The largest absolute Gasteiger partial charge is 0.327 e. The minimum atomic E-state index is 0.339. The Morgan fingerprint density at radius 3 is 1.77 bits per heavy atom. The van der Waals surface area contributed by atoms with Crippen molar-refractivity contribution in [3.63, 3.8) is 0 Å². The van der Waals surface area contributed by atoms with Gasteiger partial charge in [0.05, 0.1) is 0 Å². The lowest BCUT2D eigenvalue weighted by atomic mass is 9.92. The van der Waals surface area contributed by atoms with Gasteiger partial charge in [0, 0.05) is 12.0 Å². The van der Waals surface area contributed by atoms with Crippen LogP contribution >= 0.6 is 0 Å². The smallest absolute Gasteiger partial charge is 0.0115 e. The Kier molecular flexibility index (Phi) is 3.28. The minimum Gasteiger partial charge on any atom is -0.327 e. The predicted molar refractivity (Wildman–Crippen MR) is 92.6 cm³/mol. The van der Waals surface area contributed by atoms with Crippen LogP contribution in [0.5, 0.6) is 0 Å². The van der Waals surface area contributed by atoms with E-state index in [0.29, 0.717) is 12.0 Å². The van der Waals surface area contributed by atoms with Crippen LogP contribution in [0.4, 0.5) is 0 Å². The molecule has 1 nitrogen and oxygen atoms in total. The van der Waals surface area contributed by atoms with Crippen LogP contribution in [0.15, 0.2) is 78.9 Å². The van der Waals surface area contributed by atoms with E-state index in [1.807, 2.05) is 0 Å². The van der Waals surface area contributed by atoms with Gasteiger partial charge in [-0.15, -0.1) is 0 Å². The van der Waals surface area contributed by atoms with Crippen molar-refractivity contribution in [3.05, 3.63) is 84.4 Å². The minimum absolute atomic E-state index is 0.339. The quantitative estimate of drug-likeness (QED) is 0.732. The van der Waals surface area contributed by atoms with Crippen LogP contribution in [0.25, 0.3) is 22.3 Å². The van der Waals surface area contributed by atoms with E-state index in [9.17, 15) is 0 Å². The Labute approximate surface area is 131 Å². The highest BCUT2D eigenvalue weighted by Gasteiger charge is 2.35. The Balaban J connectivity index is 1.87. The zero-order valence-electron chi connectivity index (χ0n) is 12.4. The third-order valence-corrected chi connectivity index (χ3v) is 4.48. The van der Waals surface area contributed by atoms with Gasteiger partial charge in [-0.2, -0.15) is 0 Å². The second-order valence-electron chi connectivity index (χ2n) is 6.04. The van der Waals surface area contributed by atoms with E-state index in [1.54, 1.807) is 0 Å². The van der Waals surface area contributed by atoms with Crippen molar-refractivity contribution in [2.24, 2.45) is 5.73 Å². The molecule has 22 heavy (non-hydrogen) atoms. The van der Waals surface area contributed by atoms with Crippen molar-refractivity contribution in [2.45, 2.75) is 18.4 Å². The summed E-state index contributed by atoms with van der Waals surface area (Å²) in [6.07, 6.45) is 1.11. The Bertz CT molecular complexity index is 778. The summed E-state index contributed by atoms with van der Waals surface area (Å²) >= 11 is 0. The van der Waals surface area contributed by atoms with Gasteiger partial charge in [0.2, 0.25) is 0 Å². The highest BCUT2D eigenvalue weighted by atomic mass is 14.7. The maximum atomic E-state index is 6.04. The zero-order chi connectivity index (χ0) is 14.9. The van der Waals surface area contributed by atoms with Crippen LogP contribution in [0.2, 0.25) is 0 Å². The van der Waals surface area contributed by atoms with Crippen LogP contribution in [-0.4, -0.2) is 6.04 Å². The molecular weight excluding hydrogens is 266 g/mol. The summed E-state index contributed by atoms with van der Waals surface area (Å²) in [6, 6.07) is 28.4. The number of rotatable bonds is 3. The lowest BCUT2D eigenvalue weighted by Gasteiger charge is -2.13. The van der Waals surface area contributed by atoms with Crippen LogP contribution in [0, 0.1) is 0 Å². The van der Waals surface area contributed by atoms with Gasteiger partial charge < -0.3 is 5.73 Å². The molecule has 1 heteroatoms. The number of hydrogen-bond acceptors (Lipinski definition) is 1. The molecule has 0 aromatic heterocycles. The summed E-state index contributed by atoms with van der Waals surface area (Å²) < 4.78 is 0. The number of nitrogens with two attached hydrogens (primary N) is 1. The Morgan fingerprint density at radius 2 is 1.23 bits per heavy atom. The molecule has 2 atom stereocenters. The average molecular weight is 285 g/mol. The molecule has 0 bridgehead atoms. The molecule has 0 heterocycles. The first-order valence-corrected chi connectivity index (χ1v) is 7.83. The van der Waals surface area contributed by atoms with Gasteiger partial charge in [0.1, 0.15) is 0 Å². The topological polar surface area (TPSA) is 26.0 Å². The summed E-state index contributed by atoms with van der Waals surface area (Å²) in [4.78, 5) is 0. The molecule has 108 valence electrons. The van der Waals surface area contributed by atoms with Crippen molar-refractivity contribution in [1.82, 2.24) is 0 Å². The summed E-state index contributed by atoms with van der Waals surface area (Å²) in [5, 5.41) is 0. The number of hydrogen-bond donors (Lipinski definition) is 1. The van der Waals surface area contributed by atoms with Gasteiger partial charge in [-0.25, -0.2) is 0 Å². The lowest BCUT2D eigenvalue weighted by molar-refractivity contribution is 0.991. The fourth-order valence-corrected chi connectivity index (χ4v) is 3.12. The van der Waals surface area contributed by atoms with Crippen molar-refractivity contribution in [2.75, 3.05) is 0 Å².